The van der Waals surface area contributed by atoms with E-state index in [1.165, 1.54) is 18.2 Å². The summed E-state index contributed by atoms with van der Waals surface area (Å²) in [7, 11) is -4.83. The van der Waals surface area contributed by atoms with Gasteiger partial charge in [0.1, 0.15) is 10.1 Å². The van der Waals surface area contributed by atoms with E-state index in [0.29, 0.717) is 27.3 Å². The van der Waals surface area contributed by atoms with Crippen molar-refractivity contribution in [1.82, 2.24) is 9.97 Å². The van der Waals surface area contributed by atoms with Crippen molar-refractivity contribution in [2.75, 3.05) is 0 Å². The molecular weight excluding hydrogens is 403 g/mol. The summed E-state index contributed by atoms with van der Waals surface area (Å²) in [5.74, 6) is 0. The third kappa shape index (κ3) is 3.00. The topological polar surface area (TPSA) is 123 Å². The van der Waals surface area contributed by atoms with E-state index in [9.17, 15) is 22.6 Å². The van der Waals surface area contributed by atoms with Crippen molar-refractivity contribution in [2.45, 2.75) is 4.90 Å². The zero-order valence-corrected chi connectivity index (χ0v) is 18.0. The number of fused-ring (bicyclic) bond motifs is 4. The average Bonchev–Trinajstić information content (AvgIpc) is 2.66. The molecule has 2 aromatic heterocycles. The van der Waals surface area contributed by atoms with Crippen molar-refractivity contribution in [3.8, 4) is 0 Å². The Morgan fingerprint density at radius 1 is 0.690 bits per heavy atom. The fraction of sp³-hybridized carbons (Fsp3) is 0. The molecule has 0 aliphatic rings. The number of aromatic amines is 2. The summed E-state index contributed by atoms with van der Waals surface area (Å²) in [6, 6.07) is 14.1. The quantitative estimate of drug-likeness (QED) is 0.219. The van der Waals surface area contributed by atoms with Crippen molar-refractivity contribution in [1.29, 1.82) is 0 Å². The van der Waals surface area contributed by atoms with Gasteiger partial charge in [-0.25, -0.2) is 8.42 Å². The Hall–Kier alpha value is -2.49. The van der Waals surface area contributed by atoms with Gasteiger partial charge in [0.25, 0.3) is 0 Å². The molecule has 2 heterocycles. The zero-order valence-electron chi connectivity index (χ0n) is 15.1. The predicted octanol–water partition coefficient (Wildman–Crippen LogP) is -0.416. The van der Waals surface area contributed by atoms with Gasteiger partial charge < -0.3 is 14.5 Å². The van der Waals surface area contributed by atoms with Gasteiger partial charge in [0.15, 0.2) is 10.9 Å². The molecule has 138 valence electrons. The van der Waals surface area contributed by atoms with Crippen LogP contribution in [0.3, 0.4) is 0 Å². The number of pyridine rings is 2. The third-order valence-electron chi connectivity index (χ3n) is 4.88. The second kappa shape index (κ2) is 6.79. The number of nitrogens with one attached hydrogen (secondary N) is 2. The normalized spacial score (nSPS) is 11.9. The number of hydrogen-bond donors (Lipinski definition) is 2. The molecule has 0 saturated carbocycles. The summed E-state index contributed by atoms with van der Waals surface area (Å²) < 4.78 is 34.7. The average molecular weight is 414 g/mol. The van der Waals surface area contributed by atoms with Gasteiger partial charge in [-0.1, -0.05) is 18.2 Å². The van der Waals surface area contributed by atoms with E-state index in [4.69, 9.17) is 0 Å². The fourth-order valence-electron chi connectivity index (χ4n) is 3.62. The van der Waals surface area contributed by atoms with Gasteiger partial charge >= 0.3 is 29.6 Å². The largest absolute Gasteiger partial charge is 1.00 e. The summed E-state index contributed by atoms with van der Waals surface area (Å²) >= 11 is 0. The van der Waals surface area contributed by atoms with Crippen LogP contribution in [-0.4, -0.2) is 22.9 Å². The molecule has 0 atom stereocenters. The molecule has 0 radical (unpaired) electrons. The van der Waals surface area contributed by atoms with Gasteiger partial charge in [-0.2, -0.15) is 0 Å². The molecule has 7 nitrogen and oxygen atoms in total. The minimum absolute atomic E-state index is 0. The third-order valence-corrected chi connectivity index (χ3v) is 5.76. The van der Waals surface area contributed by atoms with Crippen LogP contribution in [0.15, 0.2) is 69.1 Å². The van der Waals surface area contributed by atoms with Crippen LogP contribution in [0.5, 0.6) is 0 Å². The van der Waals surface area contributed by atoms with Crippen molar-refractivity contribution >= 4 is 53.7 Å². The molecule has 5 rings (SSSR count). The van der Waals surface area contributed by atoms with E-state index in [1.807, 2.05) is 0 Å². The first-order valence-corrected chi connectivity index (χ1v) is 9.75. The Morgan fingerprint density at radius 3 is 1.97 bits per heavy atom. The monoisotopic (exact) mass is 414 g/mol. The van der Waals surface area contributed by atoms with Gasteiger partial charge in [0.05, 0.1) is 26.8 Å². The summed E-state index contributed by atoms with van der Waals surface area (Å²) in [6.07, 6.45) is 0. The maximum atomic E-state index is 13.0. The molecule has 0 aliphatic heterocycles. The van der Waals surface area contributed by atoms with Crippen molar-refractivity contribution in [3.05, 3.63) is 75.0 Å². The van der Waals surface area contributed by atoms with E-state index in [-0.39, 0.29) is 51.3 Å². The van der Waals surface area contributed by atoms with Gasteiger partial charge in [0, 0.05) is 21.7 Å². The Labute approximate surface area is 185 Å². The minimum Gasteiger partial charge on any atom is -0.744 e. The van der Waals surface area contributed by atoms with Crippen LogP contribution in [0.4, 0.5) is 0 Å². The smallest absolute Gasteiger partial charge is 0.744 e. The fourth-order valence-corrected chi connectivity index (χ4v) is 4.32. The Kier molecular flexibility index (Phi) is 4.64. The molecule has 0 amide bonds. The Balaban J connectivity index is 0.00000205. The van der Waals surface area contributed by atoms with Crippen LogP contribution in [-0.2, 0) is 10.1 Å². The van der Waals surface area contributed by atoms with E-state index in [1.54, 1.807) is 30.3 Å². The van der Waals surface area contributed by atoms with Gasteiger partial charge in [-0.3, -0.25) is 9.59 Å². The molecule has 29 heavy (non-hydrogen) atoms. The molecule has 0 fully saturated rings. The number of benzene rings is 3. The van der Waals surface area contributed by atoms with Crippen molar-refractivity contribution in [3.63, 3.8) is 0 Å². The molecule has 0 unspecified atom stereocenters. The molecule has 5 aromatic rings. The number of rotatable bonds is 1. The van der Waals surface area contributed by atoms with Crippen LogP contribution in [0.25, 0.3) is 43.6 Å². The number of para-hydroxylation sites is 1. The van der Waals surface area contributed by atoms with Crippen LogP contribution < -0.4 is 40.4 Å². The van der Waals surface area contributed by atoms with Gasteiger partial charge in [-0.15, -0.1) is 0 Å². The van der Waals surface area contributed by atoms with E-state index >= 15 is 0 Å². The molecule has 0 saturated heterocycles. The van der Waals surface area contributed by atoms with Crippen LogP contribution in [0.1, 0.15) is 0 Å². The summed E-state index contributed by atoms with van der Waals surface area (Å²) in [4.78, 5) is 31.4. The molecule has 0 spiro atoms. The van der Waals surface area contributed by atoms with E-state index < -0.39 is 20.4 Å². The molecule has 0 bridgehead atoms. The standard InChI is InChI=1S/C20H12N2O5S.Na/c23-19-10-4-1-2-5-13(10)21-15-9-12-16(8-11(15)19)22-14-6-3-7-17(28(25,26)27)18(14)20(12)24;/h1-9H,(H,21,23)(H,22,24)(H,25,26,27);/q;+1/p-1. The van der Waals surface area contributed by atoms with Crippen molar-refractivity contribution in [2.24, 2.45) is 0 Å². The van der Waals surface area contributed by atoms with Gasteiger partial charge in [-0.05, 0) is 36.4 Å². The van der Waals surface area contributed by atoms with Crippen LogP contribution >= 0.6 is 0 Å². The summed E-state index contributed by atoms with van der Waals surface area (Å²) in [6.45, 7) is 0. The summed E-state index contributed by atoms with van der Waals surface area (Å²) in [5.41, 5.74) is 0.901. The number of H-pyrrole nitrogens is 2. The first-order valence-electron chi connectivity index (χ1n) is 8.34. The molecule has 3 aromatic carbocycles. The SMILES string of the molecule is O=c1c2ccccc2[nH]c2cc3c(=O)c4c(S(=O)(=O)[O-])cccc4[nH]c3cc12.[Na+]. The predicted molar refractivity (Wildman–Crippen MR) is 106 cm³/mol. The van der Waals surface area contributed by atoms with Crippen LogP contribution in [0, 0.1) is 0 Å². The van der Waals surface area contributed by atoms with Crippen molar-refractivity contribution < 1.29 is 42.5 Å². The zero-order chi connectivity index (χ0) is 19.6. The second-order valence-electron chi connectivity index (χ2n) is 6.53. The van der Waals surface area contributed by atoms with E-state index in [0.717, 1.165) is 6.07 Å². The summed E-state index contributed by atoms with van der Waals surface area (Å²) in [5, 5.41) is 0.917. The maximum absolute atomic E-state index is 13.0. The Morgan fingerprint density at radius 2 is 1.28 bits per heavy atom. The minimum atomic E-state index is -4.83. The first kappa shape index (κ1) is 19.8. The Bertz CT molecular complexity index is 1690. The molecular formula is C20H11N2NaO5S. The van der Waals surface area contributed by atoms with Gasteiger partial charge in [0.2, 0.25) is 0 Å². The van der Waals surface area contributed by atoms with Crippen LogP contribution in [0.2, 0.25) is 0 Å². The second-order valence-corrected chi connectivity index (χ2v) is 7.88. The maximum Gasteiger partial charge on any atom is 1.00 e. The number of hydrogen-bond acceptors (Lipinski definition) is 5. The van der Waals surface area contributed by atoms with E-state index in [2.05, 4.69) is 9.97 Å². The number of aromatic nitrogens is 2. The molecule has 2 N–H and O–H groups in total. The molecule has 0 aliphatic carbocycles. The molecule has 9 heteroatoms. The first-order chi connectivity index (χ1) is 13.3.